The van der Waals surface area contributed by atoms with E-state index in [-0.39, 0.29) is 24.7 Å². The van der Waals surface area contributed by atoms with Crippen LogP contribution >= 0.6 is 12.4 Å². The molecule has 0 amide bonds. The van der Waals surface area contributed by atoms with Crippen LogP contribution in [0.15, 0.2) is 17.5 Å². The second kappa shape index (κ2) is 3.90. The van der Waals surface area contributed by atoms with Crippen molar-refractivity contribution in [2.75, 3.05) is 6.61 Å². The maximum atomic E-state index is 10.1. The zero-order chi connectivity index (χ0) is 6.69. The minimum absolute atomic E-state index is 0. The minimum atomic E-state index is -1.03. The van der Waals surface area contributed by atoms with Crippen molar-refractivity contribution in [3.05, 3.63) is 12.5 Å². The lowest BCUT2D eigenvalue weighted by atomic mass is 10.4. The molecule has 1 N–H and O–H groups in total. The number of carbonyl (C=O) groups is 1. The van der Waals surface area contributed by atoms with Crippen LogP contribution in [-0.2, 0) is 9.53 Å². The van der Waals surface area contributed by atoms with Crippen LogP contribution in [0.4, 0.5) is 0 Å². The summed E-state index contributed by atoms with van der Waals surface area (Å²) >= 11 is 0. The first-order valence-electron chi connectivity index (χ1n) is 2.37. The maximum absolute atomic E-state index is 10.1. The van der Waals surface area contributed by atoms with Gasteiger partial charge in [-0.3, -0.25) is 0 Å². The van der Waals surface area contributed by atoms with Crippen molar-refractivity contribution < 1.29 is 14.6 Å². The Morgan fingerprint density at radius 3 is 2.80 bits per heavy atom. The van der Waals surface area contributed by atoms with Crippen molar-refractivity contribution in [2.45, 2.75) is 0 Å². The summed E-state index contributed by atoms with van der Waals surface area (Å²) in [6, 6.07) is 0. The SMILES string of the molecule is Cl.O=C(O)C1=NC=COC1. The molecule has 1 rings (SSSR count). The van der Waals surface area contributed by atoms with Gasteiger partial charge in [0.15, 0.2) is 5.71 Å². The van der Waals surface area contributed by atoms with E-state index in [9.17, 15) is 4.79 Å². The van der Waals surface area contributed by atoms with E-state index in [2.05, 4.69) is 9.73 Å². The molecule has 0 aromatic carbocycles. The van der Waals surface area contributed by atoms with Gasteiger partial charge in [-0.1, -0.05) is 0 Å². The van der Waals surface area contributed by atoms with Crippen LogP contribution in [0, 0.1) is 0 Å². The Bertz CT molecular complexity index is 187. The van der Waals surface area contributed by atoms with Gasteiger partial charge in [0.1, 0.15) is 12.9 Å². The molecule has 0 saturated carbocycles. The Balaban J connectivity index is 0.000000810. The molecule has 0 spiro atoms. The topological polar surface area (TPSA) is 58.9 Å². The Morgan fingerprint density at radius 1 is 1.80 bits per heavy atom. The van der Waals surface area contributed by atoms with Crippen LogP contribution in [0.1, 0.15) is 0 Å². The molecule has 0 bridgehead atoms. The van der Waals surface area contributed by atoms with Gasteiger partial charge in [0.25, 0.3) is 0 Å². The Kier molecular flexibility index (Phi) is 3.49. The number of ether oxygens (including phenoxy) is 1. The number of aliphatic imine (C=N–C) groups is 1. The van der Waals surface area contributed by atoms with Crippen LogP contribution in [0.25, 0.3) is 0 Å². The van der Waals surface area contributed by atoms with Crippen molar-refractivity contribution >= 4 is 24.1 Å². The second-order valence-electron chi connectivity index (χ2n) is 1.48. The summed E-state index contributed by atoms with van der Waals surface area (Å²) in [6.07, 6.45) is 2.67. The first-order valence-corrected chi connectivity index (χ1v) is 2.37. The van der Waals surface area contributed by atoms with E-state index in [1.165, 1.54) is 12.5 Å². The van der Waals surface area contributed by atoms with E-state index in [0.717, 1.165) is 0 Å². The van der Waals surface area contributed by atoms with Crippen molar-refractivity contribution in [1.82, 2.24) is 0 Å². The quantitative estimate of drug-likeness (QED) is 0.610. The van der Waals surface area contributed by atoms with Gasteiger partial charge in [-0.15, -0.1) is 12.4 Å². The van der Waals surface area contributed by atoms with Crippen molar-refractivity contribution in [2.24, 2.45) is 4.99 Å². The number of hydrogen-bond acceptors (Lipinski definition) is 3. The molecule has 1 heterocycles. The van der Waals surface area contributed by atoms with Crippen molar-refractivity contribution in [3.63, 3.8) is 0 Å². The van der Waals surface area contributed by atoms with E-state index in [0.29, 0.717) is 0 Å². The first kappa shape index (κ1) is 8.97. The Labute approximate surface area is 63.6 Å². The van der Waals surface area contributed by atoms with E-state index >= 15 is 0 Å². The summed E-state index contributed by atoms with van der Waals surface area (Å²) in [5.41, 5.74) is 0.0394. The third-order valence-corrected chi connectivity index (χ3v) is 0.854. The van der Waals surface area contributed by atoms with Crippen LogP contribution in [0.5, 0.6) is 0 Å². The molecule has 0 aliphatic carbocycles. The maximum Gasteiger partial charge on any atom is 0.353 e. The second-order valence-corrected chi connectivity index (χ2v) is 1.48. The van der Waals surface area contributed by atoms with Gasteiger partial charge >= 0.3 is 5.97 Å². The predicted molar refractivity (Wildman–Crippen MR) is 37.4 cm³/mol. The zero-order valence-corrected chi connectivity index (χ0v) is 5.80. The number of carboxylic acid groups (broad SMARTS) is 1. The number of nitrogens with zero attached hydrogens (tertiary/aromatic N) is 1. The lowest BCUT2D eigenvalue weighted by Gasteiger charge is -2.02. The van der Waals surface area contributed by atoms with E-state index in [1.54, 1.807) is 0 Å². The van der Waals surface area contributed by atoms with Crippen molar-refractivity contribution in [1.29, 1.82) is 0 Å². The molecule has 0 saturated heterocycles. The lowest BCUT2D eigenvalue weighted by Crippen LogP contribution is -2.19. The first-order chi connectivity index (χ1) is 4.30. The molecule has 0 radical (unpaired) electrons. The highest BCUT2D eigenvalue weighted by Crippen LogP contribution is 1.92. The fourth-order valence-electron chi connectivity index (χ4n) is 0.445. The van der Waals surface area contributed by atoms with Gasteiger partial charge in [-0.2, -0.15) is 0 Å². The summed E-state index contributed by atoms with van der Waals surface area (Å²) in [4.78, 5) is 13.7. The van der Waals surface area contributed by atoms with E-state index in [1.807, 2.05) is 0 Å². The lowest BCUT2D eigenvalue weighted by molar-refractivity contribution is -0.129. The number of hydrogen-bond donors (Lipinski definition) is 1. The largest absolute Gasteiger partial charge is 0.493 e. The number of carboxylic acids is 1. The zero-order valence-electron chi connectivity index (χ0n) is 4.98. The molecular formula is C5H6ClNO3. The molecule has 0 aromatic rings. The van der Waals surface area contributed by atoms with E-state index < -0.39 is 5.97 Å². The monoisotopic (exact) mass is 163 g/mol. The average Bonchev–Trinajstić information content (AvgIpc) is 1.90. The molecule has 1 aliphatic heterocycles. The molecule has 0 unspecified atom stereocenters. The van der Waals surface area contributed by atoms with Gasteiger partial charge in [-0.05, 0) is 0 Å². The fraction of sp³-hybridized carbons (Fsp3) is 0.200. The number of aliphatic carboxylic acids is 1. The number of halogens is 1. The third kappa shape index (κ3) is 2.06. The molecule has 1 aliphatic rings. The molecule has 56 valence electrons. The average molecular weight is 164 g/mol. The predicted octanol–water partition coefficient (Wildman–Crippen LogP) is 0.435. The highest BCUT2D eigenvalue weighted by molar-refractivity contribution is 6.36. The molecule has 4 nitrogen and oxygen atoms in total. The summed E-state index contributed by atoms with van der Waals surface area (Å²) in [5, 5.41) is 8.29. The summed E-state index contributed by atoms with van der Waals surface area (Å²) < 4.78 is 4.65. The van der Waals surface area contributed by atoms with Gasteiger partial charge in [-0.25, -0.2) is 9.79 Å². The van der Waals surface area contributed by atoms with Gasteiger partial charge in [0.2, 0.25) is 0 Å². The van der Waals surface area contributed by atoms with Crippen LogP contribution in [0.2, 0.25) is 0 Å². The summed E-state index contributed by atoms with van der Waals surface area (Å²) in [6.45, 7) is 0.0613. The standard InChI is InChI=1S/C5H5NO3.ClH/c7-5(8)4-3-9-2-1-6-4;/h1-2H,3H2,(H,7,8);1H. The molecule has 5 heteroatoms. The minimum Gasteiger partial charge on any atom is -0.493 e. The smallest absolute Gasteiger partial charge is 0.353 e. The van der Waals surface area contributed by atoms with Gasteiger partial charge in [0.05, 0.1) is 6.20 Å². The molecule has 10 heavy (non-hydrogen) atoms. The fourth-order valence-corrected chi connectivity index (χ4v) is 0.445. The highest BCUT2D eigenvalue weighted by atomic mass is 35.5. The van der Waals surface area contributed by atoms with Gasteiger partial charge in [0, 0.05) is 0 Å². The molecule has 0 fully saturated rings. The van der Waals surface area contributed by atoms with Crippen LogP contribution in [-0.4, -0.2) is 23.4 Å². The molecule has 0 aromatic heterocycles. The highest BCUT2D eigenvalue weighted by Gasteiger charge is 2.09. The number of rotatable bonds is 1. The third-order valence-electron chi connectivity index (χ3n) is 0.854. The van der Waals surface area contributed by atoms with Crippen molar-refractivity contribution in [3.8, 4) is 0 Å². The normalized spacial score (nSPS) is 14.6. The summed E-state index contributed by atoms with van der Waals surface area (Å²) in [7, 11) is 0. The summed E-state index contributed by atoms with van der Waals surface area (Å²) in [5.74, 6) is -1.03. The molecular weight excluding hydrogens is 158 g/mol. The van der Waals surface area contributed by atoms with Gasteiger partial charge < -0.3 is 9.84 Å². The Morgan fingerprint density at radius 2 is 2.50 bits per heavy atom. The Hall–Kier alpha value is -1.03. The van der Waals surface area contributed by atoms with Crippen LogP contribution < -0.4 is 0 Å². The molecule has 0 atom stereocenters. The van der Waals surface area contributed by atoms with E-state index in [4.69, 9.17) is 5.11 Å². The van der Waals surface area contributed by atoms with Crippen LogP contribution in [0.3, 0.4) is 0 Å².